The number of H-pyrrole nitrogens is 1. The van der Waals surface area contributed by atoms with Gasteiger partial charge < -0.3 is 10.3 Å². The van der Waals surface area contributed by atoms with Gasteiger partial charge in [0.05, 0.1) is 12.2 Å². The lowest BCUT2D eigenvalue weighted by Crippen LogP contribution is -2.30. The molecule has 0 aliphatic rings. The van der Waals surface area contributed by atoms with E-state index in [0.717, 1.165) is 45.3 Å². The minimum Gasteiger partial charge on any atom is -0.360 e. The molecule has 0 aliphatic carbocycles. The van der Waals surface area contributed by atoms with Gasteiger partial charge in [0, 0.05) is 59.9 Å². The molecule has 2 aromatic carbocycles. The first kappa shape index (κ1) is 21.8. The highest BCUT2D eigenvalue weighted by Gasteiger charge is 2.24. The van der Waals surface area contributed by atoms with Gasteiger partial charge in [0.2, 0.25) is 0 Å². The molecule has 0 spiro atoms. The molecule has 0 fully saturated rings. The Kier molecular flexibility index (Phi) is 6.06. The number of carbonyl (C=O) groups is 1. The number of aromatic nitrogens is 4. The van der Waals surface area contributed by atoms with Crippen molar-refractivity contribution in [3.8, 4) is 11.1 Å². The number of nitrogens with zero attached hydrogens (tertiary/aromatic N) is 3. The minimum absolute atomic E-state index is 0.0496. The molecule has 34 heavy (non-hydrogen) atoms. The summed E-state index contributed by atoms with van der Waals surface area (Å²) in [6, 6.07) is 19.7. The van der Waals surface area contributed by atoms with Crippen LogP contribution in [0.25, 0.3) is 22.0 Å². The number of benzene rings is 2. The highest BCUT2D eigenvalue weighted by atomic mass is 16.1. The van der Waals surface area contributed by atoms with Gasteiger partial charge in [-0.2, -0.15) is 5.10 Å². The van der Waals surface area contributed by atoms with E-state index in [1.54, 1.807) is 4.68 Å². The van der Waals surface area contributed by atoms with E-state index in [1.807, 2.05) is 87.3 Å². The van der Waals surface area contributed by atoms with E-state index in [2.05, 4.69) is 32.5 Å². The Morgan fingerprint density at radius 2 is 1.91 bits per heavy atom. The molecular formula is C28H27N5O. The SMILES string of the molecule is Cc1ccc(CCN[C@H](C(=O)c2c[nH]c3cc(-c4cnn(C)c4)ccc23)c2ccccc2)cn1. The van der Waals surface area contributed by atoms with Crippen molar-refractivity contribution < 1.29 is 4.79 Å². The standard InChI is InChI=1S/C28H27N5O/c1-19-8-9-20(15-30-19)12-13-29-27(21-6-4-3-5-7-21)28(34)25-17-31-26-14-22(10-11-24(25)26)23-16-32-33(2)18-23/h3-11,14-18,27,29,31H,12-13H2,1-2H3/t27-/m0/s1. The third kappa shape index (κ3) is 4.54. The summed E-state index contributed by atoms with van der Waals surface area (Å²) in [6.45, 7) is 2.65. The zero-order valence-corrected chi connectivity index (χ0v) is 19.3. The van der Waals surface area contributed by atoms with Crippen LogP contribution in [0.15, 0.2) is 85.5 Å². The number of Topliss-reactive ketones (excluding diaryl/α,β-unsaturated/α-hetero) is 1. The molecule has 5 rings (SSSR count). The maximum atomic E-state index is 13.8. The van der Waals surface area contributed by atoms with Crippen LogP contribution < -0.4 is 5.32 Å². The third-order valence-corrected chi connectivity index (χ3v) is 6.12. The second-order valence-electron chi connectivity index (χ2n) is 8.59. The summed E-state index contributed by atoms with van der Waals surface area (Å²) in [7, 11) is 1.90. The number of fused-ring (bicyclic) bond motifs is 1. The van der Waals surface area contributed by atoms with Gasteiger partial charge in [0.1, 0.15) is 0 Å². The molecular weight excluding hydrogens is 422 g/mol. The zero-order chi connectivity index (χ0) is 23.5. The van der Waals surface area contributed by atoms with Crippen LogP contribution in [0.2, 0.25) is 0 Å². The molecule has 6 nitrogen and oxygen atoms in total. The van der Waals surface area contributed by atoms with Crippen LogP contribution in [-0.2, 0) is 13.5 Å². The first-order valence-electron chi connectivity index (χ1n) is 11.4. The Balaban J connectivity index is 1.40. The van der Waals surface area contributed by atoms with E-state index in [-0.39, 0.29) is 5.78 Å². The van der Waals surface area contributed by atoms with Crippen molar-refractivity contribution in [1.29, 1.82) is 0 Å². The van der Waals surface area contributed by atoms with Gasteiger partial charge in [-0.25, -0.2) is 0 Å². The number of rotatable bonds is 8. The summed E-state index contributed by atoms with van der Waals surface area (Å²) < 4.78 is 1.78. The normalized spacial score (nSPS) is 12.2. The number of hydrogen-bond acceptors (Lipinski definition) is 4. The average Bonchev–Trinajstić information content (AvgIpc) is 3.49. The van der Waals surface area contributed by atoms with Crippen molar-refractivity contribution in [2.45, 2.75) is 19.4 Å². The number of aryl methyl sites for hydroxylation is 2. The fourth-order valence-electron chi connectivity index (χ4n) is 4.25. The minimum atomic E-state index is -0.434. The van der Waals surface area contributed by atoms with Crippen molar-refractivity contribution in [2.24, 2.45) is 7.05 Å². The molecule has 2 N–H and O–H groups in total. The summed E-state index contributed by atoms with van der Waals surface area (Å²) in [5.41, 5.74) is 6.82. The van der Waals surface area contributed by atoms with E-state index in [4.69, 9.17) is 0 Å². The lowest BCUT2D eigenvalue weighted by Gasteiger charge is -2.18. The Morgan fingerprint density at radius 1 is 1.06 bits per heavy atom. The molecule has 3 heterocycles. The fraction of sp³-hybridized carbons (Fsp3) is 0.179. The second-order valence-corrected chi connectivity index (χ2v) is 8.59. The number of ketones is 1. The molecule has 0 aliphatic heterocycles. The largest absolute Gasteiger partial charge is 0.360 e. The van der Waals surface area contributed by atoms with Crippen LogP contribution in [0.4, 0.5) is 0 Å². The number of pyridine rings is 1. The summed E-state index contributed by atoms with van der Waals surface area (Å²) in [5.74, 6) is 0.0496. The molecule has 0 saturated heterocycles. The molecule has 0 radical (unpaired) electrons. The molecule has 170 valence electrons. The number of nitrogens with one attached hydrogen (secondary N) is 2. The predicted octanol–water partition coefficient (Wildman–Crippen LogP) is 5.03. The number of aromatic amines is 1. The lowest BCUT2D eigenvalue weighted by molar-refractivity contribution is 0.0945. The average molecular weight is 450 g/mol. The van der Waals surface area contributed by atoms with Gasteiger partial charge in [0.25, 0.3) is 0 Å². The van der Waals surface area contributed by atoms with Crippen LogP contribution in [0.5, 0.6) is 0 Å². The molecule has 6 heteroatoms. The van der Waals surface area contributed by atoms with Gasteiger partial charge in [-0.1, -0.05) is 48.5 Å². The molecule has 5 aromatic rings. The summed E-state index contributed by atoms with van der Waals surface area (Å²) in [4.78, 5) is 21.4. The smallest absolute Gasteiger partial charge is 0.186 e. The lowest BCUT2D eigenvalue weighted by atomic mass is 9.96. The van der Waals surface area contributed by atoms with Gasteiger partial charge in [-0.05, 0) is 42.2 Å². The molecule has 0 bridgehead atoms. The van der Waals surface area contributed by atoms with E-state index in [1.165, 1.54) is 0 Å². The molecule has 1 atom stereocenters. The van der Waals surface area contributed by atoms with Crippen molar-refractivity contribution in [1.82, 2.24) is 25.1 Å². The Hall–Kier alpha value is -4.03. The van der Waals surface area contributed by atoms with Crippen LogP contribution in [0.3, 0.4) is 0 Å². The fourth-order valence-corrected chi connectivity index (χ4v) is 4.25. The highest BCUT2D eigenvalue weighted by molar-refractivity contribution is 6.11. The van der Waals surface area contributed by atoms with Crippen molar-refractivity contribution in [3.63, 3.8) is 0 Å². The zero-order valence-electron chi connectivity index (χ0n) is 19.3. The maximum Gasteiger partial charge on any atom is 0.186 e. The maximum absolute atomic E-state index is 13.8. The van der Waals surface area contributed by atoms with E-state index in [9.17, 15) is 4.79 Å². The van der Waals surface area contributed by atoms with Crippen molar-refractivity contribution in [2.75, 3.05) is 6.54 Å². The molecule has 0 amide bonds. The predicted molar refractivity (Wildman–Crippen MR) is 135 cm³/mol. The Labute approximate surface area is 198 Å². The summed E-state index contributed by atoms with van der Waals surface area (Å²) >= 11 is 0. The van der Waals surface area contributed by atoms with Crippen LogP contribution in [0.1, 0.15) is 33.2 Å². The second kappa shape index (κ2) is 9.45. The monoisotopic (exact) mass is 449 g/mol. The Morgan fingerprint density at radius 3 is 2.65 bits per heavy atom. The van der Waals surface area contributed by atoms with Gasteiger partial charge in [0.15, 0.2) is 5.78 Å². The van der Waals surface area contributed by atoms with Crippen LogP contribution in [0, 0.1) is 6.92 Å². The van der Waals surface area contributed by atoms with Crippen LogP contribution in [-0.4, -0.2) is 32.1 Å². The summed E-state index contributed by atoms with van der Waals surface area (Å²) in [5, 5.41) is 8.67. The van der Waals surface area contributed by atoms with Gasteiger partial charge in [-0.15, -0.1) is 0 Å². The van der Waals surface area contributed by atoms with E-state index >= 15 is 0 Å². The van der Waals surface area contributed by atoms with Crippen molar-refractivity contribution >= 4 is 16.7 Å². The highest BCUT2D eigenvalue weighted by Crippen LogP contribution is 2.28. The first-order chi connectivity index (χ1) is 16.6. The van der Waals surface area contributed by atoms with Crippen molar-refractivity contribution in [3.05, 3.63) is 108 Å². The topological polar surface area (TPSA) is 75.6 Å². The van der Waals surface area contributed by atoms with Gasteiger partial charge >= 0.3 is 0 Å². The van der Waals surface area contributed by atoms with E-state index < -0.39 is 6.04 Å². The number of hydrogen-bond donors (Lipinski definition) is 2. The number of carbonyl (C=O) groups excluding carboxylic acids is 1. The quantitative estimate of drug-likeness (QED) is 0.326. The van der Waals surface area contributed by atoms with E-state index in [0.29, 0.717) is 12.1 Å². The van der Waals surface area contributed by atoms with Gasteiger partial charge in [-0.3, -0.25) is 14.5 Å². The molecule has 0 saturated carbocycles. The third-order valence-electron chi connectivity index (χ3n) is 6.12. The summed E-state index contributed by atoms with van der Waals surface area (Å²) in [6.07, 6.45) is 8.34. The molecule has 3 aromatic heterocycles. The Bertz CT molecular complexity index is 1420. The van der Waals surface area contributed by atoms with Crippen LogP contribution >= 0.6 is 0 Å². The molecule has 0 unspecified atom stereocenters. The first-order valence-corrected chi connectivity index (χ1v) is 11.4.